The number of carbonyl (C=O) groups is 1. The molecule has 5 heteroatoms. The van der Waals surface area contributed by atoms with E-state index in [4.69, 9.17) is 5.26 Å². The summed E-state index contributed by atoms with van der Waals surface area (Å²) in [5.74, 6) is 4.75. The highest BCUT2D eigenvalue weighted by Crippen LogP contribution is 2.66. The monoisotopic (exact) mass is 437 g/mol. The summed E-state index contributed by atoms with van der Waals surface area (Å²) in [5.41, 5.74) is 0.141. The highest BCUT2D eigenvalue weighted by molar-refractivity contribution is 5.82. The van der Waals surface area contributed by atoms with Crippen LogP contribution in [-0.4, -0.2) is 26.3 Å². The third-order valence-corrected chi connectivity index (χ3v) is 10.3. The number of fused-ring (bicyclic) bond motifs is 5. The van der Waals surface area contributed by atoms with Gasteiger partial charge in [-0.15, -0.1) is 0 Å². The van der Waals surface area contributed by atoms with Gasteiger partial charge in [0, 0.05) is 12.1 Å². The summed E-state index contributed by atoms with van der Waals surface area (Å²) in [6, 6.07) is 2.10. The number of hydrogen-bond acceptors (Lipinski definition) is 4. The number of rotatable bonds is 4. The summed E-state index contributed by atoms with van der Waals surface area (Å²) < 4.78 is 1.65. The van der Waals surface area contributed by atoms with Crippen LogP contribution in [0.3, 0.4) is 0 Å². The number of ketones is 1. The van der Waals surface area contributed by atoms with Crippen molar-refractivity contribution in [2.75, 3.05) is 0 Å². The minimum absolute atomic E-state index is 0.0944. The SMILES string of the molecule is CCC1C[C@]2(C)[C@@H](C(=O)Cn3cc(C#N)cn3)CC[C@H]2[C@@H]2CC[C@@H]3C[C@](C)(O)CC[C@@H]3[C@@H]12. The van der Waals surface area contributed by atoms with Gasteiger partial charge in [-0.1, -0.05) is 20.3 Å². The summed E-state index contributed by atoms with van der Waals surface area (Å²) in [7, 11) is 0. The van der Waals surface area contributed by atoms with Crippen molar-refractivity contribution in [2.24, 2.45) is 46.8 Å². The van der Waals surface area contributed by atoms with Crippen LogP contribution in [-0.2, 0) is 11.3 Å². The molecule has 32 heavy (non-hydrogen) atoms. The largest absolute Gasteiger partial charge is 0.390 e. The number of nitriles is 1. The molecule has 174 valence electrons. The molecule has 1 unspecified atom stereocenters. The zero-order chi connectivity index (χ0) is 22.7. The normalized spacial score (nSPS) is 45.4. The maximum Gasteiger partial charge on any atom is 0.157 e. The second kappa shape index (κ2) is 7.97. The maximum atomic E-state index is 13.5. The van der Waals surface area contributed by atoms with Crippen LogP contribution < -0.4 is 0 Å². The first kappa shape index (κ1) is 22.1. The fourth-order valence-electron chi connectivity index (χ4n) is 9.12. The van der Waals surface area contributed by atoms with Gasteiger partial charge in [0.1, 0.15) is 6.07 Å². The Morgan fingerprint density at radius 1 is 1.22 bits per heavy atom. The van der Waals surface area contributed by atoms with E-state index in [1.807, 2.05) is 6.92 Å². The Hall–Kier alpha value is -1.67. The first-order valence-corrected chi connectivity index (χ1v) is 12.9. The molecule has 0 saturated heterocycles. The van der Waals surface area contributed by atoms with Crippen molar-refractivity contribution in [3.8, 4) is 6.07 Å². The van der Waals surface area contributed by atoms with Gasteiger partial charge in [-0.3, -0.25) is 9.48 Å². The van der Waals surface area contributed by atoms with E-state index in [2.05, 4.69) is 25.0 Å². The quantitative estimate of drug-likeness (QED) is 0.720. The zero-order valence-corrected chi connectivity index (χ0v) is 20.0. The fraction of sp³-hybridized carbons (Fsp3) is 0.815. The lowest BCUT2D eigenvalue weighted by Crippen LogP contribution is -2.54. The van der Waals surface area contributed by atoms with Gasteiger partial charge in [0.25, 0.3) is 0 Å². The van der Waals surface area contributed by atoms with Crippen LogP contribution in [0, 0.1) is 58.2 Å². The molecule has 4 saturated carbocycles. The van der Waals surface area contributed by atoms with Gasteiger partial charge in [0.15, 0.2) is 5.78 Å². The molecule has 0 radical (unpaired) electrons. The fourth-order valence-corrected chi connectivity index (χ4v) is 9.12. The van der Waals surface area contributed by atoms with E-state index in [1.165, 1.54) is 38.5 Å². The summed E-state index contributed by atoms with van der Waals surface area (Å²) in [5, 5.41) is 24.0. The van der Waals surface area contributed by atoms with Gasteiger partial charge >= 0.3 is 0 Å². The van der Waals surface area contributed by atoms with Crippen molar-refractivity contribution in [3.63, 3.8) is 0 Å². The molecule has 4 aliphatic rings. The van der Waals surface area contributed by atoms with Crippen molar-refractivity contribution in [2.45, 2.75) is 90.7 Å². The molecule has 5 nitrogen and oxygen atoms in total. The van der Waals surface area contributed by atoms with Gasteiger partial charge in [0.2, 0.25) is 0 Å². The molecule has 4 aliphatic carbocycles. The lowest BCUT2D eigenvalue weighted by molar-refractivity contribution is -0.141. The Kier molecular flexibility index (Phi) is 5.52. The Bertz CT molecular complexity index is 914. The third-order valence-electron chi connectivity index (χ3n) is 10.3. The van der Waals surface area contributed by atoms with Gasteiger partial charge < -0.3 is 5.11 Å². The van der Waals surface area contributed by atoms with Crippen molar-refractivity contribution >= 4 is 5.78 Å². The molecule has 1 N–H and O–H groups in total. The molecule has 0 aliphatic heterocycles. The second-order valence-corrected chi connectivity index (χ2v) is 12.1. The lowest BCUT2D eigenvalue weighted by Gasteiger charge is -2.59. The summed E-state index contributed by atoms with van der Waals surface area (Å²) in [6.07, 6.45) is 13.5. The van der Waals surface area contributed by atoms with Crippen molar-refractivity contribution in [1.82, 2.24) is 9.78 Å². The molecule has 0 spiro atoms. The molecular formula is C27H39N3O2. The molecular weight excluding hydrogens is 398 g/mol. The smallest absolute Gasteiger partial charge is 0.157 e. The molecule has 0 amide bonds. The predicted molar refractivity (Wildman–Crippen MR) is 122 cm³/mol. The average molecular weight is 438 g/mol. The zero-order valence-electron chi connectivity index (χ0n) is 20.0. The number of Topliss-reactive ketones (excluding diaryl/α,β-unsaturated/α-hetero) is 1. The lowest BCUT2D eigenvalue weighted by atomic mass is 9.45. The van der Waals surface area contributed by atoms with Crippen LogP contribution in [0.2, 0.25) is 0 Å². The highest BCUT2D eigenvalue weighted by atomic mass is 16.3. The highest BCUT2D eigenvalue weighted by Gasteiger charge is 2.61. The van der Waals surface area contributed by atoms with Crippen molar-refractivity contribution in [3.05, 3.63) is 18.0 Å². The van der Waals surface area contributed by atoms with Crippen LogP contribution in [0.25, 0.3) is 0 Å². The summed E-state index contributed by atoms with van der Waals surface area (Å²) in [4.78, 5) is 13.5. The topological polar surface area (TPSA) is 78.9 Å². The van der Waals surface area contributed by atoms with Gasteiger partial charge in [-0.05, 0) is 99.2 Å². The van der Waals surface area contributed by atoms with E-state index in [1.54, 1.807) is 17.1 Å². The number of aromatic nitrogens is 2. The maximum absolute atomic E-state index is 13.5. The van der Waals surface area contributed by atoms with E-state index in [0.717, 1.165) is 37.0 Å². The molecule has 5 rings (SSSR count). The van der Waals surface area contributed by atoms with Crippen LogP contribution in [0.15, 0.2) is 12.4 Å². The molecule has 0 aromatic carbocycles. The Morgan fingerprint density at radius 3 is 2.75 bits per heavy atom. The van der Waals surface area contributed by atoms with E-state index in [9.17, 15) is 9.90 Å². The van der Waals surface area contributed by atoms with E-state index < -0.39 is 5.60 Å². The van der Waals surface area contributed by atoms with E-state index in [-0.39, 0.29) is 11.3 Å². The van der Waals surface area contributed by atoms with Crippen molar-refractivity contribution < 1.29 is 9.90 Å². The number of aliphatic hydroxyl groups is 1. The van der Waals surface area contributed by atoms with E-state index in [0.29, 0.717) is 35.6 Å². The Labute approximate surface area is 192 Å². The minimum atomic E-state index is -0.471. The first-order valence-electron chi connectivity index (χ1n) is 12.9. The van der Waals surface area contributed by atoms with Crippen LogP contribution in [0.5, 0.6) is 0 Å². The molecule has 1 heterocycles. The number of nitrogens with zero attached hydrogens (tertiary/aromatic N) is 3. The second-order valence-electron chi connectivity index (χ2n) is 12.1. The minimum Gasteiger partial charge on any atom is -0.390 e. The number of hydrogen-bond donors (Lipinski definition) is 1. The molecule has 1 aromatic heterocycles. The van der Waals surface area contributed by atoms with Gasteiger partial charge in [0.05, 0.1) is 23.9 Å². The van der Waals surface area contributed by atoms with E-state index >= 15 is 0 Å². The number of carbonyl (C=O) groups excluding carboxylic acids is 1. The van der Waals surface area contributed by atoms with Crippen LogP contribution >= 0.6 is 0 Å². The average Bonchev–Trinajstić information content (AvgIpc) is 3.35. The molecule has 4 fully saturated rings. The standard InChI is InChI=1S/C27H39N3O2/c1-4-18-12-27(3)22(7-8-23(27)24(31)16-30-15-17(13-28)14-29-30)21-6-5-19-11-26(2,32)10-9-20(19)25(18)21/h14-15,18-23,25,32H,4-12,16H2,1-3H3/t18?,19-,20+,21+,22+,23-,25-,26-,27+/m1/s1. The third kappa shape index (κ3) is 3.54. The van der Waals surface area contributed by atoms with Crippen LogP contribution in [0.1, 0.15) is 84.1 Å². The molecule has 0 bridgehead atoms. The Balaban J connectivity index is 1.37. The van der Waals surface area contributed by atoms with Gasteiger partial charge in [-0.25, -0.2) is 0 Å². The molecule has 9 atom stereocenters. The Morgan fingerprint density at radius 2 is 2.03 bits per heavy atom. The van der Waals surface area contributed by atoms with Crippen molar-refractivity contribution in [1.29, 1.82) is 5.26 Å². The predicted octanol–water partition coefficient (Wildman–Crippen LogP) is 4.98. The van der Waals surface area contributed by atoms with Crippen LogP contribution in [0.4, 0.5) is 0 Å². The summed E-state index contributed by atoms with van der Waals surface area (Å²) >= 11 is 0. The van der Waals surface area contributed by atoms with Gasteiger partial charge in [-0.2, -0.15) is 10.4 Å². The summed E-state index contributed by atoms with van der Waals surface area (Å²) in [6.45, 7) is 7.11. The molecule has 1 aromatic rings. The first-order chi connectivity index (χ1) is 15.3.